The van der Waals surface area contributed by atoms with Crippen LogP contribution in [0.15, 0.2) is 161 Å². The Morgan fingerprint density at radius 1 is 0.529 bits per heavy atom. The number of nitrogens with zero attached hydrogens (tertiary/aromatic N) is 2. The van der Waals surface area contributed by atoms with Crippen molar-refractivity contribution < 1.29 is 8.83 Å². The molecule has 1 atom stereocenters. The first-order chi connectivity index (χ1) is 33.9. The number of hydrogen-bond donors (Lipinski definition) is 0. The van der Waals surface area contributed by atoms with Crippen LogP contribution >= 0.6 is 0 Å². The van der Waals surface area contributed by atoms with Crippen LogP contribution in [0.1, 0.15) is 131 Å². The van der Waals surface area contributed by atoms with E-state index in [0.717, 1.165) is 63.9 Å². The maximum atomic E-state index is 6.98. The Balaban J connectivity index is 1.15. The molecular weight excluding hydrogens is 853 g/mol. The highest BCUT2D eigenvalue weighted by Crippen LogP contribution is 2.56. The molecule has 70 heavy (non-hydrogen) atoms. The van der Waals surface area contributed by atoms with Gasteiger partial charge < -0.3 is 18.6 Å². The zero-order valence-electron chi connectivity index (χ0n) is 41.7. The van der Waals surface area contributed by atoms with Crippen molar-refractivity contribution in [3.8, 4) is 0 Å². The fraction of sp³-hybridized carbons (Fsp3) is 0.242. The summed E-state index contributed by atoms with van der Waals surface area (Å²) in [5.41, 5.74) is 16.4. The van der Waals surface area contributed by atoms with Gasteiger partial charge in [-0.25, -0.2) is 0 Å². The average Bonchev–Trinajstić information content (AvgIpc) is 3.95. The van der Waals surface area contributed by atoms with Gasteiger partial charge in [-0.1, -0.05) is 152 Å². The first-order valence-electron chi connectivity index (χ1n) is 25.6. The molecular formula is C66H60N2O2. The molecule has 4 nitrogen and oxygen atoms in total. The third-order valence-corrected chi connectivity index (χ3v) is 16.1. The van der Waals surface area contributed by atoms with Crippen LogP contribution in [-0.4, -0.2) is 0 Å². The van der Waals surface area contributed by atoms with Crippen molar-refractivity contribution in [2.24, 2.45) is 0 Å². The van der Waals surface area contributed by atoms with Gasteiger partial charge in [-0.3, -0.25) is 0 Å². The van der Waals surface area contributed by atoms with Crippen molar-refractivity contribution in [1.29, 1.82) is 0 Å². The SMILES string of the molecule is CC(C)c1ccc(N(c2cc3c4c(cc5c(N(c6ccc(C(C)C)cc6)C6CC=Cc7c6oc6ccccc76)cc(C(C)C)c6ccc2c4c65)C(C)(C)CC3)c2cccc3c2oc2ccccc23)cc1. The Hall–Kier alpha value is -7.30. The van der Waals surface area contributed by atoms with Gasteiger partial charge in [0.2, 0.25) is 0 Å². The first-order valence-corrected chi connectivity index (χ1v) is 25.6. The second-order valence-electron chi connectivity index (χ2n) is 21.8. The normalized spacial score (nSPS) is 15.6. The maximum absolute atomic E-state index is 6.98. The van der Waals surface area contributed by atoms with Gasteiger partial charge in [-0.05, 0) is 147 Å². The van der Waals surface area contributed by atoms with E-state index in [4.69, 9.17) is 8.83 Å². The smallest absolute Gasteiger partial charge is 0.159 e. The van der Waals surface area contributed by atoms with E-state index in [2.05, 4.69) is 223 Å². The summed E-state index contributed by atoms with van der Waals surface area (Å²) >= 11 is 0. The van der Waals surface area contributed by atoms with Crippen molar-refractivity contribution >= 4 is 99.7 Å². The predicted octanol–water partition coefficient (Wildman–Crippen LogP) is 19.6. The molecule has 2 aliphatic rings. The summed E-state index contributed by atoms with van der Waals surface area (Å²) in [4.78, 5) is 5.14. The summed E-state index contributed by atoms with van der Waals surface area (Å²) in [5, 5.41) is 11.4. The molecule has 1 unspecified atom stereocenters. The Bertz CT molecular complexity index is 3880. The number of rotatable bonds is 9. The number of benzene rings is 9. The molecule has 0 radical (unpaired) electrons. The van der Waals surface area contributed by atoms with Gasteiger partial charge in [-0.2, -0.15) is 0 Å². The fourth-order valence-corrected chi connectivity index (χ4v) is 12.3. The van der Waals surface area contributed by atoms with Crippen molar-refractivity contribution in [2.45, 2.75) is 104 Å². The molecule has 2 aromatic heterocycles. The fourth-order valence-electron chi connectivity index (χ4n) is 12.3. The van der Waals surface area contributed by atoms with Gasteiger partial charge in [0.05, 0.1) is 23.1 Å². The minimum Gasteiger partial charge on any atom is -0.458 e. The van der Waals surface area contributed by atoms with Gasteiger partial charge in [0.25, 0.3) is 0 Å². The Morgan fingerprint density at radius 2 is 1.19 bits per heavy atom. The second kappa shape index (κ2) is 15.9. The molecule has 0 saturated heterocycles. The zero-order chi connectivity index (χ0) is 47.7. The summed E-state index contributed by atoms with van der Waals surface area (Å²) in [6.07, 6.45) is 7.52. The topological polar surface area (TPSA) is 32.8 Å². The molecule has 13 rings (SSSR count). The number of anilines is 5. The molecule has 0 amide bonds. The monoisotopic (exact) mass is 912 g/mol. The minimum absolute atomic E-state index is 0.0508. The van der Waals surface area contributed by atoms with E-state index in [9.17, 15) is 0 Å². The minimum atomic E-state index is -0.0696. The van der Waals surface area contributed by atoms with Crippen molar-refractivity contribution in [3.63, 3.8) is 0 Å². The lowest BCUT2D eigenvalue weighted by atomic mass is 9.70. The second-order valence-corrected chi connectivity index (χ2v) is 21.8. The number of para-hydroxylation sites is 3. The molecule has 0 bridgehead atoms. The Kier molecular flexibility index (Phi) is 9.70. The number of hydrogen-bond acceptors (Lipinski definition) is 4. The molecule has 0 aliphatic heterocycles. The van der Waals surface area contributed by atoms with Gasteiger partial charge in [0.1, 0.15) is 16.9 Å². The van der Waals surface area contributed by atoms with E-state index < -0.39 is 0 Å². The molecule has 0 fully saturated rings. The lowest BCUT2D eigenvalue weighted by Gasteiger charge is -2.38. The highest BCUT2D eigenvalue weighted by atomic mass is 16.3. The van der Waals surface area contributed by atoms with Crippen LogP contribution < -0.4 is 9.80 Å². The summed E-state index contributed by atoms with van der Waals surface area (Å²) in [6, 6.07) is 54.8. The van der Waals surface area contributed by atoms with E-state index in [-0.39, 0.29) is 17.4 Å². The van der Waals surface area contributed by atoms with E-state index >= 15 is 0 Å². The van der Waals surface area contributed by atoms with Gasteiger partial charge in [-0.15, -0.1) is 0 Å². The van der Waals surface area contributed by atoms with E-state index in [1.165, 1.54) is 88.1 Å². The molecule has 2 aliphatic carbocycles. The van der Waals surface area contributed by atoms with Crippen LogP contribution in [0.3, 0.4) is 0 Å². The maximum Gasteiger partial charge on any atom is 0.159 e. The van der Waals surface area contributed by atoms with Crippen LogP contribution in [0.2, 0.25) is 0 Å². The van der Waals surface area contributed by atoms with E-state index in [1.54, 1.807) is 0 Å². The Morgan fingerprint density at radius 3 is 1.90 bits per heavy atom. The van der Waals surface area contributed by atoms with Crippen molar-refractivity contribution in [1.82, 2.24) is 0 Å². The Labute approximate surface area is 411 Å². The van der Waals surface area contributed by atoms with E-state index in [1.807, 2.05) is 0 Å². The predicted molar refractivity (Wildman–Crippen MR) is 297 cm³/mol. The standard InChI is InChI=1S/C66H60N2O2/c1-38(2)41-23-27-44(28-24-41)67(55-19-13-17-49-46-15-9-11-21-59(46)69-64(49)55)57-35-43-33-34-66(7,8)54-36-53-58(37-52(40(5)6)48-31-32-51(57)63(61(43)54)62(48)53)68(45-29-25-42(26-30-45)39(3)4)56-20-14-18-50-47-16-10-12-22-60(47)70-65(50)56/h9-19,21-32,35-40,56H,20,33-34H2,1-8H3. The van der Waals surface area contributed by atoms with Crippen molar-refractivity contribution in [2.75, 3.05) is 9.80 Å². The first kappa shape index (κ1) is 42.8. The summed E-state index contributed by atoms with van der Waals surface area (Å²) in [6.45, 7) is 18.8. The van der Waals surface area contributed by atoms with Gasteiger partial charge in [0, 0.05) is 49.3 Å². The molecule has 4 heteroatoms. The van der Waals surface area contributed by atoms with Crippen LogP contribution in [0.25, 0.3) is 71.3 Å². The van der Waals surface area contributed by atoms with E-state index in [0.29, 0.717) is 11.8 Å². The largest absolute Gasteiger partial charge is 0.458 e. The lowest BCUT2D eigenvalue weighted by molar-refractivity contribution is 0.475. The molecule has 0 N–H and O–H groups in total. The van der Waals surface area contributed by atoms with Crippen LogP contribution in [0, 0.1) is 0 Å². The third kappa shape index (κ3) is 6.41. The number of furan rings is 2. The molecule has 0 saturated carbocycles. The molecule has 11 aromatic rings. The number of aryl methyl sites for hydroxylation is 1. The quantitative estimate of drug-likeness (QED) is 0.135. The van der Waals surface area contributed by atoms with Crippen LogP contribution in [0.5, 0.6) is 0 Å². The van der Waals surface area contributed by atoms with Gasteiger partial charge >= 0.3 is 0 Å². The molecule has 9 aromatic carbocycles. The lowest BCUT2D eigenvalue weighted by Crippen LogP contribution is -2.26. The summed E-state index contributed by atoms with van der Waals surface area (Å²) in [7, 11) is 0. The summed E-state index contributed by atoms with van der Waals surface area (Å²) in [5.74, 6) is 2.14. The summed E-state index contributed by atoms with van der Waals surface area (Å²) < 4.78 is 13.9. The number of fused-ring (bicyclic) bond motifs is 6. The zero-order valence-corrected chi connectivity index (χ0v) is 41.7. The molecule has 2 heterocycles. The average molecular weight is 913 g/mol. The molecule has 0 spiro atoms. The third-order valence-electron chi connectivity index (χ3n) is 16.1. The molecule has 346 valence electrons. The van der Waals surface area contributed by atoms with Crippen LogP contribution in [-0.2, 0) is 11.8 Å². The van der Waals surface area contributed by atoms with Crippen molar-refractivity contribution in [3.05, 3.63) is 191 Å². The highest BCUT2D eigenvalue weighted by molar-refractivity contribution is 6.30. The van der Waals surface area contributed by atoms with Gasteiger partial charge in [0.15, 0.2) is 5.58 Å². The highest BCUT2D eigenvalue weighted by Gasteiger charge is 2.37. The van der Waals surface area contributed by atoms with Crippen LogP contribution in [0.4, 0.5) is 28.4 Å².